The number of hydrogen-bond donors (Lipinski definition) is 0. The Kier molecular flexibility index (Phi) is 5.34. The number of halogens is 1. The van der Waals surface area contributed by atoms with E-state index in [-0.39, 0.29) is 11.1 Å². The van der Waals surface area contributed by atoms with Crippen molar-refractivity contribution in [2.45, 2.75) is 18.8 Å². The molecule has 1 aromatic carbocycles. The summed E-state index contributed by atoms with van der Waals surface area (Å²) in [5.41, 5.74) is 1.14. The Labute approximate surface area is 127 Å². The van der Waals surface area contributed by atoms with Crippen LogP contribution in [0.25, 0.3) is 0 Å². The lowest BCUT2D eigenvalue weighted by atomic mass is 10.2. The minimum Gasteiger partial charge on any atom is -0.281 e. The zero-order valence-corrected chi connectivity index (χ0v) is 14.1. The second kappa shape index (κ2) is 6.61. The van der Waals surface area contributed by atoms with E-state index in [9.17, 15) is 8.42 Å². The lowest BCUT2D eigenvalue weighted by Crippen LogP contribution is -2.47. The van der Waals surface area contributed by atoms with Crippen LogP contribution in [0.2, 0.25) is 0 Å². The van der Waals surface area contributed by atoms with Gasteiger partial charge in [-0.3, -0.25) is 4.90 Å². The number of hydrogen-bond acceptors (Lipinski definition) is 4. The van der Waals surface area contributed by atoms with Gasteiger partial charge in [-0.05, 0) is 11.6 Å². The zero-order valence-electron chi connectivity index (χ0n) is 10.9. The third-order valence-electron chi connectivity index (χ3n) is 3.34. The standard InChI is InChI=1S/C13H18BrNO2S2/c1-2-19(16,17)13-10-18-8-7-15(13)9-11-5-3-4-6-12(11)14/h3-6,13H,2,7-10H2,1H3. The first-order valence-corrected chi connectivity index (χ1v) is 9.97. The molecule has 3 nitrogen and oxygen atoms in total. The topological polar surface area (TPSA) is 37.4 Å². The molecule has 0 saturated carbocycles. The lowest BCUT2D eigenvalue weighted by Gasteiger charge is -2.34. The molecule has 1 atom stereocenters. The summed E-state index contributed by atoms with van der Waals surface area (Å²) in [5, 5.41) is -0.344. The molecule has 1 heterocycles. The van der Waals surface area contributed by atoms with Crippen molar-refractivity contribution in [3.63, 3.8) is 0 Å². The fraction of sp³-hybridized carbons (Fsp3) is 0.538. The predicted molar refractivity (Wildman–Crippen MR) is 85.1 cm³/mol. The number of nitrogens with zero attached hydrogens (tertiary/aromatic N) is 1. The highest BCUT2D eigenvalue weighted by atomic mass is 79.9. The van der Waals surface area contributed by atoms with Gasteiger partial charge in [0.05, 0.1) is 0 Å². The number of rotatable bonds is 4. The van der Waals surface area contributed by atoms with Crippen LogP contribution in [0.3, 0.4) is 0 Å². The highest BCUT2D eigenvalue weighted by Gasteiger charge is 2.32. The average molecular weight is 364 g/mol. The summed E-state index contributed by atoms with van der Waals surface area (Å²) in [6.45, 7) is 3.24. The Morgan fingerprint density at radius 3 is 2.84 bits per heavy atom. The molecule has 0 amide bonds. The largest absolute Gasteiger partial charge is 0.281 e. The molecule has 0 spiro atoms. The van der Waals surface area contributed by atoms with E-state index in [1.165, 1.54) is 0 Å². The van der Waals surface area contributed by atoms with E-state index in [1.54, 1.807) is 18.7 Å². The van der Waals surface area contributed by atoms with E-state index in [1.807, 2.05) is 24.3 Å². The summed E-state index contributed by atoms with van der Waals surface area (Å²) in [6, 6.07) is 8.00. The molecule has 0 radical (unpaired) electrons. The van der Waals surface area contributed by atoms with Crippen molar-refractivity contribution in [1.82, 2.24) is 4.90 Å². The lowest BCUT2D eigenvalue weighted by molar-refractivity contribution is 0.261. The van der Waals surface area contributed by atoms with Gasteiger partial charge in [0.1, 0.15) is 5.37 Å². The van der Waals surface area contributed by atoms with Crippen LogP contribution in [0.1, 0.15) is 12.5 Å². The molecule has 106 valence electrons. The molecule has 19 heavy (non-hydrogen) atoms. The number of benzene rings is 1. The third-order valence-corrected chi connectivity index (χ3v) is 7.44. The van der Waals surface area contributed by atoms with Crippen LogP contribution in [0.15, 0.2) is 28.7 Å². The Morgan fingerprint density at radius 1 is 1.42 bits per heavy atom. The number of thioether (sulfide) groups is 1. The van der Waals surface area contributed by atoms with Gasteiger partial charge in [0.25, 0.3) is 0 Å². The Bertz CT molecular complexity index is 533. The molecule has 1 aliphatic heterocycles. The van der Waals surface area contributed by atoms with Crippen molar-refractivity contribution < 1.29 is 8.42 Å². The highest BCUT2D eigenvalue weighted by Crippen LogP contribution is 2.25. The molecule has 0 bridgehead atoms. The summed E-state index contributed by atoms with van der Waals surface area (Å²) < 4.78 is 25.4. The van der Waals surface area contributed by atoms with E-state index in [4.69, 9.17) is 0 Å². The zero-order chi connectivity index (χ0) is 13.9. The van der Waals surface area contributed by atoms with Gasteiger partial charge in [-0.2, -0.15) is 11.8 Å². The van der Waals surface area contributed by atoms with Crippen LogP contribution in [0, 0.1) is 0 Å². The smallest absolute Gasteiger partial charge is 0.166 e. The minimum absolute atomic E-state index is 0.213. The summed E-state index contributed by atoms with van der Waals surface area (Å²) in [6.07, 6.45) is 0. The van der Waals surface area contributed by atoms with Gasteiger partial charge in [-0.1, -0.05) is 41.1 Å². The van der Waals surface area contributed by atoms with E-state index in [0.29, 0.717) is 12.3 Å². The van der Waals surface area contributed by atoms with E-state index in [2.05, 4.69) is 20.8 Å². The maximum Gasteiger partial charge on any atom is 0.166 e. The molecule has 1 saturated heterocycles. The normalized spacial score (nSPS) is 21.5. The van der Waals surface area contributed by atoms with Gasteiger partial charge in [0, 0.05) is 34.8 Å². The quantitative estimate of drug-likeness (QED) is 0.824. The Hall–Kier alpha value is -0.0400. The molecule has 1 aliphatic rings. The van der Waals surface area contributed by atoms with Crippen molar-refractivity contribution in [2.75, 3.05) is 23.8 Å². The van der Waals surface area contributed by atoms with Crippen LogP contribution in [-0.4, -0.2) is 42.5 Å². The fourth-order valence-corrected chi connectivity index (χ4v) is 5.65. The van der Waals surface area contributed by atoms with Crippen LogP contribution >= 0.6 is 27.7 Å². The van der Waals surface area contributed by atoms with Crippen LogP contribution in [-0.2, 0) is 16.4 Å². The third kappa shape index (κ3) is 3.74. The molecule has 6 heteroatoms. The van der Waals surface area contributed by atoms with Crippen LogP contribution in [0.5, 0.6) is 0 Å². The van der Waals surface area contributed by atoms with Gasteiger partial charge >= 0.3 is 0 Å². The first-order chi connectivity index (χ1) is 9.04. The molecular weight excluding hydrogens is 346 g/mol. The first kappa shape index (κ1) is 15.4. The molecule has 1 unspecified atom stereocenters. The molecule has 1 fully saturated rings. The van der Waals surface area contributed by atoms with Crippen LogP contribution in [0.4, 0.5) is 0 Å². The van der Waals surface area contributed by atoms with Crippen molar-refractivity contribution in [2.24, 2.45) is 0 Å². The maximum atomic E-state index is 12.2. The molecule has 0 aromatic heterocycles. The van der Waals surface area contributed by atoms with Gasteiger partial charge in [0.15, 0.2) is 9.84 Å². The van der Waals surface area contributed by atoms with E-state index < -0.39 is 9.84 Å². The van der Waals surface area contributed by atoms with Crippen molar-refractivity contribution >= 4 is 37.5 Å². The van der Waals surface area contributed by atoms with Gasteiger partial charge in [-0.25, -0.2) is 8.42 Å². The fourth-order valence-electron chi connectivity index (χ4n) is 2.16. The molecule has 1 aromatic rings. The second-order valence-corrected chi connectivity index (χ2v) is 8.99. The number of sulfone groups is 1. The van der Waals surface area contributed by atoms with E-state index >= 15 is 0 Å². The molecular formula is C13H18BrNO2S2. The van der Waals surface area contributed by atoms with Gasteiger partial charge in [0.2, 0.25) is 0 Å². The first-order valence-electron chi connectivity index (χ1n) is 6.31. The van der Waals surface area contributed by atoms with Gasteiger partial charge in [-0.15, -0.1) is 0 Å². The molecule has 2 rings (SSSR count). The summed E-state index contributed by atoms with van der Waals surface area (Å²) >= 11 is 5.26. The van der Waals surface area contributed by atoms with Gasteiger partial charge < -0.3 is 0 Å². The van der Waals surface area contributed by atoms with Crippen LogP contribution < -0.4 is 0 Å². The molecule has 0 aliphatic carbocycles. The minimum atomic E-state index is -3.01. The summed E-state index contributed by atoms with van der Waals surface area (Å²) in [4.78, 5) is 2.09. The molecule has 0 N–H and O–H groups in total. The maximum absolute atomic E-state index is 12.2. The second-order valence-electron chi connectivity index (χ2n) is 4.54. The SMILES string of the molecule is CCS(=O)(=O)C1CSCCN1Cc1ccccc1Br. The monoisotopic (exact) mass is 363 g/mol. The Morgan fingerprint density at radius 2 is 2.16 bits per heavy atom. The van der Waals surface area contributed by atoms with Crippen molar-refractivity contribution in [3.8, 4) is 0 Å². The Balaban J connectivity index is 2.19. The van der Waals surface area contributed by atoms with Crippen molar-refractivity contribution in [3.05, 3.63) is 34.3 Å². The average Bonchev–Trinajstić information content (AvgIpc) is 2.42. The predicted octanol–water partition coefficient (Wildman–Crippen LogP) is 2.76. The summed E-state index contributed by atoms with van der Waals surface area (Å²) in [5.74, 6) is 1.89. The highest BCUT2D eigenvalue weighted by molar-refractivity contribution is 9.10. The van der Waals surface area contributed by atoms with Crippen molar-refractivity contribution in [1.29, 1.82) is 0 Å². The summed E-state index contributed by atoms with van der Waals surface area (Å²) in [7, 11) is -3.01. The van der Waals surface area contributed by atoms with E-state index in [0.717, 1.165) is 22.3 Å².